The molecule has 0 radical (unpaired) electrons. The number of ether oxygens (including phenoxy) is 1. The molecule has 2 aromatic rings. The van der Waals surface area contributed by atoms with Crippen molar-refractivity contribution >= 4 is 17.3 Å². The van der Waals surface area contributed by atoms with E-state index in [4.69, 9.17) is 4.74 Å². The van der Waals surface area contributed by atoms with Crippen LogP contribution in [-0.4, -0.2) is 30.1 Å². The zero-order valence-electron chi connectivity index (χ0n) is 13.9. The number of pyridine rings is 1. The molecular formula is C19H23N3O2. The molecule has 1 amide bonds. The van der Waals surface area contributed by atoms with Gasteiger partial charge in [0.05, 0.1) is 11.4 Å². The summed E-state index contributed by atoms with van der Waals surface area (Å²) in [5.74, 6) is 0.188. The molecule has 1 aromatic carbocycles. The Hall–Kier alpha value is -2.40. The highest BCUT2D eigenvalue weighted by atomic mass is 16.5. The maximum atomic E-state index is 12.4. The van der Waals surface area contributed by atoms with Crippen LogP contribution in [0.5, 0.6) is 0 Å². The number of hydrogen-bond donors (Lipinski definition) is 2. The topological polar surface area (TPSA) is 63.2 Å². The van der Waals surface area contributed by atoms with Crippen molar-refractivity contribution in [3.8, 4) is 0 Å². The molecule has 2 N–H and O–H groups in total. The van der Waals surface area contributed by atoms with Gasteiger partial charge in [-0.05, 0) is 36.6 Å². The number of rotatable bonds is 6. The molecule has 3 rings (SSSR count). The first-order valence-electron chi connectivity index (χ1n) is 8.39. The van der Waals surface area contributed by atoms with Crippen molar-refractivity contribution in [1.82, 2.24) is 4.98 Å². The molecule has 2 atom stereocenters. The molecule has 126 valence electrons. The number of carbonyl (C=O) groups is 1. The van der Waals surface area contributed by atoms with Crippen molar-refractivity contribution in [2.45, 2.75) is 25.9 Å². The van der Waals surface area contributed by atoms with Gasteiger partial charge in [-0.2, -0.15) is 0 Å². The molecule has 1 aliphatic rings. The maximum absolute atomic E-state index is 12.4. The Labute approximate surface area is 142 Å². The van der Waals surface area contributed by atoms with Gasteiger partial charge in [-0.1, -0.05) is 25.1 Å². The summed E-state index contributed by atoms with van der Waals surface area (Å²) in [6, 6.07) is 13.6. The molecule has 2 heterocycles. The van der Waals surface area contributed by atoms with Crippen LogP contribution >= 0.6 is 0 Å². The highest BCUT2D eigenvalue weighted by Crippen LogP contribution is 2.25. The second-order valence-corrected chi connectivity index (χ2v) is 6.09. The molecule has 5 heteroatoms. The molecule has 0 unspecified atom stereocenters. The van der Waals surface area contributed by atoms with Crippen LogP contribution in [0.15, 0.2) is 48.7 Å². The molecule has 0 saturated carbocycles. The van der Waals surface area contributed by atoms with E-state index in [9.17, 15) is 4.79 Å². The first-order chi connectivity index (χ1) is 11.7. The fourth-order valence-corrected chi connectivity index (χ4v) is 2.85. The normalized spacial score (nSPS) is 19.9. The van der Waals surface area contributed by atoms with E-state index in [2.05, 4.69) is 15.6 Å². The number of carbonyl (C=O) groups excluding carboxylic acids is 1. The van der Waals surface area contributed by atoms with Crippen molar-refractivity contribution in [2.75, 3.05) is 23.8 Å². The Morgan fingerprint density at radius 2 is 2.00 bits per heavy atom. The first kappa shape index (κ1) is 16.5. The Kier molecular flexibility index (Phi) is 5.43. The number of hydrogen-bond acceptors (Lipinski definition) is 4. The number of anilines is 2. The van der Waals surface area contributed by atoms with Gasteiger partial charge in [-0.3, -0.25) is 9.78 Å². The third-order valence-electron chi connectivity index (χ3n) is 4.25. The predicted molar refractivity (Wildman–Crippen MR) is 95.0 cm³/mol. The zero-order valence-corrected chi connectivity index (χ0v) is 13.9. The van der Waals surface area contributed by atoms with Crippen LogP contribution in [-0.2, 0) is 16.0 Å². The molecular weight excluding hydrogens is 302 g/mol. The van der Waals surface area contributed by atoms with E-state index in [1.54, 1.807) is 6.20 Å². The number of amides is 1. The smallest absolute Gasteiger partial charge is 0.253 e. The summed E-state index contributed by atoms with van der Waals surface area (Å²) in [4.78, 5) is 16.7. The van der Waals surface area contributed by atoms with Crippen molar-refractivity contribution in [1.29, 1.82) is 0 Å². The van der Waals surface area contributed by atoms with E-state index in [-0.39, 0.29) is 17.9 Å². The summed E-state index contributed by atoms with van der Waals surface area (Å²) in [5, 5.41) is 6.36. The third-order valence-corrected chi connectivity index (χ3v) is 4.25. The van der Waals surface area contributed by atoms with Gasteiger partial charge in [-0.15, -0.1) is 0 Å². The summed E-state index contributed by atoms with van der Waals surface area (Å²) >= 11 is 0. The second kappa shape index (κ2) is 7.93. The van der Waals surface area contributed by atoms with Crippen LogP contribution in [0.25, 0.3) is 0 Å². The molecule has 0 spiro atoms. The molecule has 5 nitrogen and oxygen atoms in total. The lowest BCUT2D eigenvalue weighted by Gasteiger charge is -2.17. The molecule has 1 saturated heterocycles. The minimum absolute atomic E-state index is 0.0704. The van der Waals surface area contributed by atoms with Gasteiger partial charge in [0.1, 0.15) is 6.10 Å². The highest BCUT2D eigenvalue weighted by molar-refractivity contribution is 5.97. The summed E-state index contributed by atoms with van der Waals surface area (Å²) in [6.45, 7) is 3.46. The minimum atomic E-state index is -0.355. The Morgan fingerprint density at radius 1 is 1.21 bits per heavy atom. The van der Waals surface area contributed by atoms with Gasteiger partial charge in [0.15, 0.2) is 0 Å². The lowest BCUT2D eigenvalue weighted by Crippen LogP contribution is -2.31. The van der Waals surface area contributed by atoms with E-state index < -0.39 is 0 Å². The van der Waals surface area contributed by atoms with Crippen molar-refractivity contribution in [3.63, 3.8) is 0 Å². The van der Waals surface area contributed by atoms with E-state index in [0.29, 0.717) is 6.61 Å². The maximum Gasteiger partial charge on any atom is 0.253 e. The van der Waals surface area contributed by atoms with Crippen LogP contribution in [0.2, 0.25) is 0 Å². The number of aromatic nitrogens is 1. The first-order valence-corrected chi connectivity index (χ1v) is 8.39. The van der Waals surface area contributed by atoms with E-state index >= 15 is 0 Å². The van der Waals surface area contributed by atoms with Crippen molar-refractivity contribution < 1.29 is 9.53 Å². The van der Waals surface area contributed by atoms with E-state index in [0.717, 1.165) is 36.5 Å². The van der Waals surface area contributed by atoms with Gasteiger partial charge in [0.2, 0.25) is 0 Å². The summed E-state index contributed by atoms with van der Waals surface area (Å²) in [5.41, 5.74) is 2.73. The number of para-hydroxylation sites is 2. The van der Waals surface area contributed by atoms with E-state index in [1.807, 2.05) is 49.4 Å². The molecule has 1 fully saturated rings. The van der Waals surface area contributed by atoms with Crippen LogP contribution in [0.1, 0.15) is 19.0 Å². The Balaban J connectivity index is 1.59. The fourth-order valence-electron chi connectivity index (χ4n) is 2.85. The lowest BCUT2D eigenvalue weighted by molar-refractivity contribution is -0.126. The number of nitrogens with zero attached hydrogens (tertiary/aromatic N) is 1. The molecule has 0 aliphatic carbocycles. The van der Waals surface area contributed by atoms with Crippen molar-refractivity contribution in [3.05, 3.63) is 54.4 Å². The van der Waals surface area contributed by atoms with Gasteiger partial charge in [0.25, 0.3) is 5.91 Å². The Bertz CT molecular complexity index is 675. The molecule has 0 bridgehead atoms. The largest absolute Gasteiger partial charge is 0.383 e. The summed E-state index contributed by atoms with van der Waals surface area (Å²) in [7, 11) is 0. The van der Waals surface area contributed by atoms with Crippen LogP contribution in [0.3, 0.4) is 0 Å². The standard InChI is InChI=1S/C19H23N3O2/c1-14-10-13-24-18(14)19(23)22-17-8-3-2-7-16(17)21-12-9-15-6-4-5-11-20-15/h2-8,11,14,18,21H,9-10,12-13H2,1H3,(H,22,23)/t14-,18-/m1/s1. The Morgan fingerprint density at radius 3 is 2.71 bits per heavy atom. The predicted octanol–water partition coefficient (Wildman–Crippen LogP) is 3.10. The number of nitrogens with one attached hydrogen (secondary N) is 2. The molecule has 24 heavy (non-hydrogen) atoms. The fraction of sp³-hybridized carbons (Fsp3) is 0.368. The second-order valence-electron chi connectivity index (χ2n) is 6.09. The average molecular weight is 325 g/mol. The quantitative estimate of drug-likeness (QED) is 0.856. The summed E-state index contributed by atoms with van der Waals surface area (Å²) < 4.78 is 5.54. The molecule has 1 aliphatic heterocycles. The third kappa shape index (κ3) is 4.11. The summed E-state index contributed by atoms with van der Waals surface area (Å²) in [6.07, 6.45) is 3.20. The highest BCUT2D eigenvalue weighted by Gasteiger charge is 2.31. The van der Waals surface area contributed by atoms with E-state index in [1.165, 1.54) is 0 Å². The van der Waals surface area contributed by atoms with Crippen LogP contribution in [0.4, 0.5) is 11.4 Å². The van der Waals surface area contributed by atoms with Gasteiger partial charge in [-0.25, -0.2) is 0 Å². The van der Waals surface area contributed by atoms with Crippen LogP contribution < -0.4 is 10.6 Å². The monoisotopic (exact) mass is 325 g/mol. The van der Waals surface area contributed by atoms with Gasteiger partial charge >= 0.3 is 0 Å². The minimum Gasteiger partial charge on any atom is -0.383 e. The zero-order chi connectivity index (χ0) is 16.8. The van der Waals surface area contributed by atoms with Gasteiger partial charge in [0, 0.05) is 31.5 Å². The average Bonchev–Trinajstić information content (AvgIpc) is 3.03. The van der Waals surface area contributed by atoms with Crippen molar-refractivity contribution in [2.24, 2.45) is 5.92 Å². The molecule has 1 aromatic heterocycles. The van der Waals surface area contributed by atoms with Gasteiger partial charge < -0.3 is 15.4 Å². The lowest BCUT2D eigenvalue weighted by atomic mass is 10.0. The SMILES string of the molecule is C[C@@H]1CCO[C@H]1C(=O)Nc1ccccc1NCCc1ccccn1. The number of benzene rings is 1. The van der Waals surface area contributed by atoms with Crippen LogP contribution in [0, 0.1) is 5.92 Å².